The summed E-state index contributed by atoms with van der Waals surface area (Å²) in [6.45, 7) is 4.30. The molecule has 1 amide bonds. The third kappa shape index (κ3) is 5.89. The first-order chi connectivity index (χ1) is 8.08. The monoisotopic (exact) mass is 238 g/mol. The van der Waals surface area contributed by atoms with Gasteiger partial charge in [-0.15, -0.1) is 0 Å². The Morgan fingerprint density at radius 2 is 2.24 bits per heavy atom. The molecule has 5 nitrogen and oxygen atoms in total. The van der Waals surface area contributed by atoms with Gasteiger partial charge in [0.25, 0.3) is 0 Å². The number of amides is 1. The smallest absolute Gasteiger partial charge is 0.245 e. The van der Waals surface area contributed by atoms with Crippen LogP contribution in [0, 0.1) is 0 Å². The second-order valence-corrected chi connectivity index (χ2v) is 3.89. The van der Waals surface area contributed by atoms with Gasteiger partial charge in [-0.05, 0) is 31.5 Å². The predicted octanol–water partition coefficient (Wildman–Crippen LogP) is 0.980. The standard InChI is InChI=1S/C12H18N2O3/c1-9(2)17-11-5-3-4-10(6-11)7-14-16-8-12(13)15/h3-6,9,14H,7-8H2,1-2H3,(H2,13,15). The van der Waals surface area contributed by atoms with Crippen molar-refractivity contribution in [2.75, 3.05) is 6.61 Å². The Labute approximate surface area is 101 Å². The van der Waals surface area contributed by atoms with Crippen LogP contribution in [0.25, 0.3) is 0 Å². The van der Waals surface area contributed by atoms with E-state index in [9.17, 15) is 4.79 Å². The maximum atomic E-state index is 10.4. The zero-order chi connectivity index (χ0) is 12.7. The molecular weight excluding hydrogens is 220 g/mol. The van der Waals surface area contributed by atoms with Crippen molar-refractivity contribution in [3.63, 3.8) is 0 Å². The van der Waals surface area contributed by atoms with Gasteiger partial charge in [0.15, 0.2) is 0 Å². The van der Waals surface area contributed by atoms with E-state index in [1.165, 1.54) is 0 Å². The summed E-state index contributed by atoms with van der Waals surface area (Å²) >= 11 is 0. The molecule has 0 aromatic heterocycles. The van der Waals surface area contributed by atoms with Crippen LogP contribution >= 0.6 is 0 Å². The lowest BCUT2D eigenvalue weighted by molar-refractivity contribution is -0.125. The highest BCUT2D eigenvalue weighted by atomic mass is 16.6. The van der Waals surface area contributed by atoms with Crippen molar-refractivity contribution in [3.05, 3.63) is 29.8 Å². The van der Waals surface area contributed by atoms with Crippen molar-refractivity contribution in [3.8, 4) is 5.75 Å². The number of nitrogens with one attached hydrogen (secondary N) is 1. The molecule has 0 radical (unpaired) electrons. The quantitative estimate of drug-likeness (QED) is 0.548. The number of hydrogen-bond acceptors (Lipinski definition) is 4. The lowest BCUT2D eigenvalue weighted by Gasteiger charge is -2.11. The zero-order valence-electron chi connectivity index (χ0n) is 10.1. The second-order valence-electron chi connectivity index (χ2n) is 3.89. The fraction of sp³-hybridized carbons (Fsp3) is 0.417. The van der Waals surface area contributed by atoms with Gasteiger partial charge >= 0.3 is 0 Å². The third-order valence-corrected chi connectivity index (χ3v) is 1.86. The van der Waals surface area contributed by atoms with Gasteiger partial charge in [-0.25, -0.2) is 0 Å². The first-order valence-electron chi connectivity index (χ1n) is 5.46. The number of carbonyl (C=O) groups is 1. The number of hydroxylamine groups is 1. The molecule has 1 aromatic rings. The number of ether oxygens (including phenoxy) is 1. The molecule has 0 heterocycles. The van der Waals surface area contributed by atoms with Gasteiger partial charge in [-0.1, -0.05) is 12.1 Å². The van der Waals surface area contributed by atoms with E-state index in [2.05, 4.69) is 5.48 Å². The van der Waals surface area contributed by atoms with E-state index in [1.54, 1.807) is 0 Å². The summed E-state index contributed by atoms with van der Waals surface area (Å²) in [7, 11) is 0. The molecule has 3 N–H and O–H groups in total. The van der Waals surface area contributed by atoms with Gasteiger partial charge < -0.3 is 10.5 Å². The van der Waals surface area contributed by atoms with Gasteiger partial charge in [-0.3, -0.25) is 9.63 Å². The number of nitrogens with two attached hydrogens (primary N) is 1. The maximum absolute atomic E-state index is 10.4. The Hall–Kier alpha value is -1.59. The van der Waals surface area contributed by atoms with Gasteiger partial charge in [0.05, 0.1) is 6.10 Å². The molecule has 0 saturated heterocycles. The minimum absolute atomic E-state index is 0.137. The maximum Gasteiger partial charge on any atom is 0.245 e. The molecule has 0 aliphatic heterocycles. The molecule has 0 fully saturated rings. The van der Waals surface area contributed by atoms with E-state index in [-0.39, 0.29) is 12.7 Å². The van der Waals surface area contributed by atoms with Crippen LogP contribution in [0.4, 0.5) is 0 Å². The predicted molar refractivity (Wildman–Crippen MR) is 64.2 cm³/mol. The Bertz CT molecular complexity index is 367. The average Bonchev–Trinajstić information content (AvgIpc) is 2.24. The lowest BCUT2D eigenvalue weighted by atomic mass is 10.2. The normalized spacial score (nSPS) is 10.5. The van der Waals surface area contributed by atoms with Gasteiger partial charge in [0.2, 0.25) is 5.91 Å². The first kappa shape index (κ1) is 13.5. The molecular formula is C12H18N2O3. The van der Waals surface area contributed by atoms with E-state index in [0.29, 0.717) is 6.54 Å². The molecule has 0 spiro atoms. The summed E-state index contributed by atoms with van der Waals surface area (Å²) in [5.41, 5.74) is 8.59. The fourth-order valence-electron chi connectivity index (χ4n) is 1.26. The number of benzene rings is 1. The van der Waals surface area contributed by atoms with Crippen molar-refractivity contribution in [1.29, 1.82) is 0 Å². The number of rotatable bonds is 7. The van der Waals surface area contributed by atoms with Crippen molar-refractivity contribution < 1.29 is 14.4 Å². The highest BCUT2D eigenvalue weighted by Gasteiger charge is 2.00. The molecule has 17 heavy (non-hydrogen) atoms. The highest BCUT2D eigenvalue weighted by molar-refractivity contribution is 5.74. The van der Waals surface area contributed by atoms with E-state index in [1.807, 2.05) is 38.1 Å². The summed E-state index contributed by atoms with van der Waals surface area (Å²) in [6.07, 6.45) is 0.143. The molecule has 0 unspecified atom stereocenters. The number of carbonyl (C=O) groups excluding carboxylic acids is 1. The van der Waals surface area contributed by atoms with Crippen molar-refractivity contribution in [1.82, 2.24) is 5.48 Å². The lowest BCUT2D eigenvalue weighted by Crippen LogP contribution is -2.24. The van der Waals surface area contributed by atoms with Crippen LogP contribution in [0.2, 0.25) is 0 Å². The second kappa shape index (κ2) is 6.88. The summed E-state index contributed by atoms with van der Waals surface area (Å²) in [6, 6.07) is 7.66. The van der Waals surface area contributed by atoms with Crippen LogP contribution in [-0.2, 0) is 16.2 Å². The number of hydrogen-bond donors (Lipinski definition) is 2. The van der Waals surface area contributed by atoms with Crippen LogP contribution in [0.1, 0.15) is 19.4 Å². The van der Waals surface area contributed by atoms with Crippen LogP contribution < -0.4 is 16.0 Å². The van der Waals surface area contributed by atoms with Crippen molar-refractivity contribution >= 4 is 5.91 Å². The van der Waals surface area contributed by atoms with Crippen LogP contribution in [0.3, 0.4) is 0 Å². The third-order valence-electron chi connectivity index (χ3n) is 1.86. The summed E-state index contributed by atoms with van der Waals surface area (Å²) < 4.78 is 5.56. The van der Waals surface area contributed by atoms with E-state index < -0.39 is 5.91 Å². The fourth-order valence-corrected chi connectivity index (χ4v) is 1.26. The van der Waals surface area contributed by atoms with Gasteiger partial charge in [-0.2, -0.15) is 5.48 Å². The molecule has 0 atom stereocenters. The molecule has 0 saturated carbocycles. The van der Waals surface area contributed by atoms with Crippen molar-refractivity contribution in [2.45, 2.75) is 26.5 Å². The van der Waals surface area contributed by atoms with E-state index in [0.717, 1.165) is 11.3 Å². The van der Waals surface area contributed by atoms with Crippen LogP contribution in [0.5, 0.6) is 5.75 Å². The SMILES string of the molecule is CC(C)Oc1cccc(CNOCC(N)=O)c1. The Morgan fingerprint density at radius 3 is 2.88 bits per heavy atom. The Kier molecular flexibility index (Phi) is 5.45. The minimum Gasteiger partial charge on any atom is -0.491 e. The first-order valence-corrected chi connectivity index (χ1v) is 5.46. The molecule has 1 aromatic carbocycles. The topological polar surface area (TPSA) is 73.6 Å². The van der Waals surface area contributed by atoms with Gasteiger partial charge in [0.1, 0.15) is 12.4 Å². The minimum atomic E-state index is -0.505. The Balaban J connectivity index is 2.40. The highest BCUT2D eigenvalue weighted by Crippen LogP contribution is 2.14. The Morgan fingerprint density at radius 1 is 1.47 bits per heavy atom. The largest absolute Gasteiger partial charge is 0.491 e. The molecule has 0 bridgehead atoms. The van der Waals surface area contributed by atoms with Crippen molar-refractivity contribution in [2.24, 2.45) is 5.73 Å². The molecule has 1 rings (SSSR count). The molecule has 0 aliphatic rings. The summed E-state index contributed by atoms with van der Waals surface area (Å²) in [4.78, 5) is 15.3. The molecule has 0 aliphatic carbocycles. The molecule has 5 heteroatoms. The van der Waals surface area contributed by atoms with Gasteiger partial charge in [0, 0.05) is 6.54 Å². The van der Waals surface area contributed by atoms with Crippen LogP contribution in [-0.4, -0.2) is 18.6 Å². The summed E-state index contributed by atoms with van der Waals surface area (Å²) in [5.74, 6) is 0.309. The molecule has 94 valence electrons. The summed E-state index contributed by atoms with van der Waals surface area (Å²) in [5, 5.41) is 0. The van der Waals surface area contributed by atoms with E-state index >= 15 is 0 Å². The zero-order valence-corrected chi connectivity index (χ0v) is 10.1. The van der Waals surface area contributed by atoms with E-state index in [4.69, 9.17) is 15.3 Å². The average molecular weight is 238 g/mol. The van der Waals surface area contributed by atoms with Crippen LogP contribution in [0.15, 0.2) is 24.3 Å². The number of primary amides is 1.